The number of carbonyl (C=O) groups excluding carboxylic acids is 1. The Kier molecular flexibility index (Phi) is 3.57. The number of aryl methyl sites for hydroxylation is 1. The fourth-order valence-electron chi connectivity index (χ4n) is 1.45. The summed E-state index contributed by atoms with van der Waals surface area (Å²) in [7, 11) is 0. The molecular weight excluding hydrogens is 255 g/mol. The first-order valence-electron chi connectivity index (χ1n) is 5.24. The third kappa shape index (κ3) is 3.04. The number of anilines is 1. The second-order valence-corrected chi connectivity index (χ2v) is 4.81. The Balaban J connectivity index is 2.03. The number of carbonyl (C=O) groups is 1. The Hall–Kier alpha value is -1.95. The molecule has 6 heteroatoms. The van der Waals surface area contributed by atoms with Crippen LogP contribution in [0.3, 0.4) is 0 Å². The Labute approximate surface area is 107 Å². The van der Waals surface area contributed by atoms with Gasteiger partial charge in [0, 0.05) is 11.4 Å². The lowest BCUT2D eigenvalue weighted by Crippen LogP contribution is -2.15. The molecule has 1 aromatic carbocycles. The molecule has 2 N–H and O–H groups in total. The lowest BCUT2D eigenvalue weighted by Gasteiger charge is -2.05. The molecule has 0 atom stereocenters. The Morgan fingerprint density at radius 2 is 2.33 bits per heavy atom. The van der Waals surface area contributed by atoms with E-state index < -0.39 is 5.82 Å². The highest BCUT2D eigenvalue weighted by Crippen LogP contribution is 2.19. The van der Waals surface area contributed by atoms with Crippen LogP contribution in [0.2, 0.25) is 0 Å². The van der Waals surface area contributed by atoms with Crippen molar-refractivity contribution < 1.29 is 14.3 Å². The first kappa shape index (κ1) is 12.5. The van der Waals surface area contributed by atoms with Gasteiger partial charge >= 0.3 is 0 Å². The number of phenols is 1. The number of hydrogen-bond acceptors (Lipinski definition) is 4. The van der Waals surface area contributed by atoms with Gasteiger partial charge in [0.15, 0.2) is 0 Å². The van der Waals surface area contributed by atoms with Crippen molar-refractivity contribution in [1.82, 2.24) is 4.98 Å². The number of halogens is 1. The lowest BCUT2D eigenvalue weighted by molar-refractivity contribution is -0.115. The van der Waals surface area contributed by atoms with Crippen molar-refractivity contribution in [2.75, 3.05) is 5.32 Å². The van der Waals surface area contributed by atoms with Crippen molar-refractivity contribution in [3.63, 3.8) is 0 Å². The van der Waals surface area contributed by atoms with E-state index in [2.05, 4.69) is 10.3 Å². The Morgan fingerprint density at radius 3 is 2.94 bits per heavy atom. The van der Waals surface area contributed by atoms with Crippen LogP contribution < -0.4 is 5.32 Å². The number of hydrogen-bond donors (Lipinski definition) is 2. The molecule has 2 rings (SSSR count). The standard InChI is InChI=1S/C12H11FN2O2S/c1-7-14-8(6-18-7)4-12(17)15-11-3-2-9(16)5-10(11)13/h2-3,5-6,16H,4H2,1H3,(H,15,17). The van der Waals surface area contributed by atoms with E-state index in [9.17, 15) is 9.18 Å². The van der Waals surface area contributed by atoms with E-state index >= 15 is 0 Å². The van der Waals surface area contributed by atoms with E-state index in [0.29, 0.717) is 5.69 Å². The van der Waals surface area contributed by atoms with Gasteiger partial charge in [-0.25, -0.2) is 9.37 Å². The maximum absolute atomic E-state index is 13.4. The van der Waals surface area contributed by atoms with Gasteiger partial charge < -0.3 is 10.4 Å². The van der Waals surface area contributed by atoms with Crippen molar-refractivity contribution in [3.05, 3.63) is 40.1 Å². The average Bonchev–Trinajstić information content (AvgIpc) is 2.68. The SMILES string of the molecule is Cc1nc(CC(=O)Nc2ccc(O)cc2F)cs1. The van der Waals surface area contributed by atoms with Crippen LogP contribution in [0.25, 0.3) is 0 Å². The van der Waals surface area contributed by atoms with Gasteiger partial charge in [0.1, 0.15) is 11.6 Å². The number of phenolic OH excluding ortho intramolecular Hbond substituents is 1. The van der Waals surface area contributed by atoms with Crippen LogP contribution in [0, 0.1) is 12.7 Å². The first-order valence-corrected chi connectivity index (χ1v) is 6.12. The van der Waals surface area contributed by atoms with Crippen LogP contribution in [-0.4, -0.2) is 16.0 Å². The minimum absolute atomic E-state index is 0.0461. The smallest absolute Gasteiger partial charge is 0.230 e. The number of rotatable bonds is 3. The molecule has 0 bridgehead atoms. The van der Waals surface area contributed by atoms with Gasteiger partial charge in [-0.15, -0.1) is 11.3 Å². The van der Waals surface area contributed by atoms with Crippen LogP contribution in [0.1, 0.15) is 10.7 Å². The maximum Gasteiger partial charge on any atom is 0.230 e. The largest absolute Gasteiger partial charge is 0.508 e. The predicted molar refractivity (Wildman–Crippen MR) is 67.2 cm³/mol. The average molecular weight is 266 g/mol. The number of benzene rings is 1. The molecule has 1 heterocycles. The van der Waals surface area contributed by atoms with Gasteiger partial charge in [-0.3, -0.25) is 4.79 Å². The van der Waals surface area contributed by atoms with E-state index in [1.165, 1.54) is 23.5 Å². The predicted octanol–water partition coefficient (Wildman–Crippen LogP) is 2.48. The Morgan fingerprint density at radius 1 is 1.56 bits per heavy atom. The summed E-state index contributed by atoms with van der Waals surface area (Å²) >= 11 is 1.46. The molecule has 0 saturated carbocycles. The van der Waals surface area contributed by atoms with Gasteiger partial charge in [0.2, 0.25) is 5.91 Å². The molecular formula is C12H11FN2O2S. The minimum atomic E-state index is -0.669. The molecule has 4 nitrogen and oxygen atoms in total. The quantitative estimate of drug-likeness (QED) is 0.839. The third-order valence-corrected chi connectivity index (χ3v) is 3.06. The van der Waals surface area contributed by atoms with Crippen LogP contribution >= 0.6 is 11.3 Å². The fraction of sp³-hybridized carbons (Fsp3) is 0.167. The Bertz CT molecular complexity index is 583. The van der Waals surface area contributed by atoms with Crippen molar-refractivity contribution in [2.45, 2.75) is 13.3 Å². The normalized spacial score (nSPS) is 10.3. The monoisotopic (exact) mass is 266 g/mol. The molecule has 0 fully saturated rings. The van der Waals surface area contributed by atoms with Gasteiger partial charge in [-0.2, -0.15) is 0 Å². The molecule has 0 saturated heterocycles. The highest BCUT2D eigenvalue weighted by molar-refractivity contribution is 7.09. The van der Waals surface area contributed by atoms with E-state index in [1.807, 2.05) is 6.92 Å². The highest BCUT2D eigenvalue weighted by atomic mass is 32.1. The summed E-state index contributed by atoms with van der Waals surface area (Å²) in [6.07, 6.45) is 0.102. The summed E-state index contributed by atoms with van der Waals surface area (Å²) in [5, 5.41) is 14.2. The van der Waals surface area contributed by atoms with Crippen molar-refractivity contribution in [1.29, 1.82) is 0 Å². The summed E-state index contributed by atoms with van der Waals surface area (Å²) < 4.78 is 13.4. The molecule has 0 aliphatic heterocycles. The number of thiazole rings is 1. The molecule has 94 valence electrons. The number of aromatic nitrogens is 1. The van der Waals surface area contributed by atoms with Crippen LogP contribution in [0.15, 0.2) is 23.6 Å². The zero-order valence-electron chi connectivity index (χ0n) is 9.61. The van der Waals surface area contributed by atoms with Crippen molar-refractivity contribution >= 4 is 22.9 Å². The molecule has 0 spiro atoms. The summed E-state index contributed by atoms with van der Waals surface area (Å²) in [5.41, 5.74) is 0.707. The van der Waals surface area contributed by atoms with Gasteiger partial charge in [0.25, 0.3) is 0 Å². The summed E-state index contributed by atoms with van der Waals surface area (Å²) in [4.78, 5) is 15.8. The zero-order valence-corrected chi connectivity index (χ0v) is 10.4. The fourth-order valence-corrected chi connectivity index (χ4v) is 2.07. The number of nitrogens with one attached hydrogen (secondary N) is 1. The van der Waals surface area contributed by atoms with Gasteiger partial charge in [0.05, 0.1) is 22.8 Å². The van der Waals surface area contributed by atoms with Gasteiger partial charge in [-0.05, 0) is 19.1 Å². The molecule has 1 amide bonds. The zero-order chi connectivity index (χ0) is 13.1. The molecule has 18 heavy (non-hydrogen) atoms. The lowest BCUT2D eigenvalue weighted by atomic mass is 10.2. The van der Waals surface area contributed by atoms with Crippen molar-refractivity contribution in [3.8, 4) is 5.75 Å². The summed E-state index contributed by atoms with van der Waals surface area (Å²) in [5.74, 6) is -1.19. The highest BCUT2D eigenvalue weighted by Gasteiger charge is 2.10. The van der Waals surface area contributed by atoms with E-state index in [0.717, 1.165) is 11.1 Å². The van der Waals surface area contributed by atoms with Crippen molar-refractivity contribution in [2.24, 2.45) is 0 Å². The molecule has 0 aliphatic carbocycles. The van der Waals surface area contributed by atoms with Crippen LogP contribution in [0.5, 0.6) is 5.75 Å². The van der Waals surface area contributed by atoms with Crippen LogP contribution in [0.4, 0.5) is 10.1 Å². The first-order chi connectivity index (χ1) is 8.54. The molecule has 2 aromatic rings. The van der Waals surface area contributed by atoms with Gasteiger partial charge in [-0.1, -0.05) is 0 Å². The molecule has 0 aliphatic rings. The molecule has 1 aromatic heterocycles. The topological polar surface area (TPSA) is 62.2 Å². The maximum atomic E-state index is 13.4. The van der Waals surface area contributed by atoms with E-state index in [1.54, 1.807) is 5.38 Å². The summed E-state index contributed by atoms with van der Waals surface area (Å²) in [6.45, 7) is 1.85. The number of nitrogens with zero attached hydrogens (tertiary/aromatic N) is 1. The minimum Gasteiger partial charge on any atom is -0.508 e. The second kappa shape index (κ2) is 5.14. The third-order valence-electron chi connectivity index (χ3n) is 2.24. The van der Waals surface area contributed by atoms with E-state index in [4.69, 9.17) is 5.11 Å². The van der Waals surface area contributed by atoms with E-state index in [-0.39, 0.29) is 23.8 Å². The van der Waals surface area contributed by atoms with Crippen LogP contribution in [-0.2, 0) is 11.2 Å². The second-order valence-electron chi connectivity index (χ2n) is 3.75. The summed E-state index contributed by atoms with van der Waals surface area (Å²) in [6, 6.07) is 3.57. The molecule has 0 radical (unpaired) electrons. The molecule has 0 unspecified atom stereocenters. The number of amides is 1. The number of aromatic hydroxyl groups is 1.